The van der Waals surface area contributed by atoms with Crippen molar-refractivity contribution in [3.8, 4) is 0 Å². The van der Waals surface area contributed by atoms with Crippen LogP contribution >= 0.6 is 0 Å². The smallest absolute Gasteiger partial charge is 0.169 e. The summed E-state index contributed by atoms with van der Waals surface area (Å²) in [6, 6.07) is 0. The van der Waals surface area contributed by atoms with Gasteiger partial charge in [0.05, 0.1) is 12.2 Å². The van der Waals surface area contributed by atoms with Crippen molar-refractivity contribution >= 4 is 0 Å². The van der Waals surface area contributed by atoms with Crippen LogP contribution in [0.15, 0.2) is 0 Å². The van der Waals surface area contributed by atoms with Gasteiger partial charge in [-0.05, 0) is 26.2 Å². The maximum absolute atomic E-state index is 8.79. The van der Waals surface area contributed by atoms with E-state index in [1.807, 2.05) is 0 Å². The Bertz CT molecular complexity index is 183. The zero-order valence-electron chi connectivity index (χ0n) is 8.16. The standard InChI is InChI=1S/C10H18O3/c1-8-2-5-10(12-8)6-3-9(13-10)4-7-11/h8-9,11H,2-7H2,1H3/t8-,9+,10-/m0/s1. The summed E-state index contributed by atoms with van der Waals surface area (Å²) in [5, 5.41) is 8.79. The maximum atomic E-state index is 8.79. The molecule has 13 heavy (non-hydrogen) atoms. The molecule has 0 aromatic carbocycles. The van der Waals surface area contributed by atoms with E-state index >= 15 is 0 Å². The van der Waals surface area contributed by atoms with Crippen LogP contribution in [0.2, 0.25) is 0 Å². The lowest BCUT2D eigenvalue weighted by Gasteiger charge is -2.24. The molecule has 0 radical (unpaired) electrons. The SMILES string of the molecule is C[C@H]1CC[C@]2(CC[C@H](CCO)O2)O1. The van der Waals surface area contributed by atoms with Crippen molar-refractivity contribution in [2.24, 2.45) is 0 Å². The minimum absolute atomic E-state index is 0.218. The average Bonchev–Trinajstić information content (AvgIpc) is 2.62. The predicted octanol–water partition coefficient (Wildman–Crippen LogP) is 1.44. The topological polar surface area (TPSA) is 38.7 Å². The highest BCUT2D eigenvalue weighted by Crippen LogP contribution is 2.42. The lowest BCUT2D eigenvalue weighted by Crippen LogP contribution is -2.29. The van der Waals surface area contributed by atoms with Gasteiger partial charge in [0, 0.05) is 19.4 Å². The minimum Gasteiger partial charge on any atom is -0.396 e. The molecule has 2 fully saturated rings. The van der Waals surface area contributed by atoms with E-state index in [-0.39, 0.29) is 18.5 Å². The lowest BCUT2D eigenvalue weighted by atomic mass is 10.1. The van der Waals surface area contributed by atoms with Crippen molar-refractivity contribution in [1.29, 1.82) is 0 Å². The second-order valence-corrected chi connectivity index (χ2v) is 4.17. The van der Waals surface area contributed by atoms with Gasteiger partial charge in [0.2, 0.25) is 0 Å². The second-order valence-electron chi connectivity index (χ2n) is 4.17. The van der Waals surface area contributed by atoms with E-state index in [9.17, 15) is 0 Å². The number of aliphatic hydroxyl groups excluding tert-OH is 1. The summed E-state index contributed by atoms with van der Waals surface area (Å²) in [5.74, 6) is -0.279. The van der Waals surface area contributed by atoms with Crippen LogP contribution in [0.1, 0.15) is 39.0 Å². The first-order valence-electron chi connectivity index (χ1n) is 5.21. The molecule has 3 nitrogen and oxygen atoms in total. The van der Waals surface area contributed by atoms with Crippen LogP contribution in [0.5, 0.6) is 0 Å². The molecule has 76 valence electrons. The Morgan fingerprint density at radius 1 is 1.31 bits per heavy atom. The fourth-order valence-corrected chi connectivity index (χ4v) is 2.33. The summed E-state index contributed by atoms with van der Waals surface area (Å²) in [5.41, 5.74) is 0. The minimum atomic E-state index is -0.279. The molecule has 0 unspecified atom stereocenters. The summed E-state index contributed by atoms with van der Waals surface area (Å²) in [7, 11) is 0. The van der Waals surface area contributed by atoms with Crippen molar-refractivity contribution < 1.29 is 14.6 Å². The Kier molecular flexibility index (Phi) is 2.58. The van der Waals surface area contributed by atoms with E-state index in [4.69, 9.17) is 14.6 Å². The molecule has 0 aromatic rings. The van der Waals surface area contributed by atoms with E-state index in [0.717, 1.165) is 32.1 Å². The lowest BCUT2D eigenvalue weighted by molar-refractivity contribution is -0.214. The van der Waals surface area contributed by atoms with E-state index < -0.39 is 0 Å². The molecule has 3 heteroatoms. The van der Waals surface area contributed by atoms with Crippen molar-refractivity contribution in [3.63, 3.8) is 0 Å². The quantitative estimate of drug-likeness (QED) is 0.709. The molecule has 2 saturated heterocycles. The maximum Gasteiger partial charge on any atom is 0.169 e. The van der Waals surface area contributed by atoms with Crippen molar-refractivity contribution in [1.82, 2.24) is 0 Å². The fraction of sp³-hybridized carbons (Fsp3) is 1.00. The van der Waals surface area contributed by atoms with Gasteiger partial charge < -0.3 is 14.6 Å². The van der Waals surface area contributed by atoms with Crippen LogP contribution in [-0.2, 0) is 9.47 Å². The largest absolute Gasteiger partial charge is 0.396 e. The molecule has 3 atom stereocenters. The van der Waals surface area contributed by atoms with Crippen molar-refractivity contribution in [3.05, 3.63) is 0 Å². The molecule has 2 aliphatic heterocycles. The van der Waals surface area contributed by atoms with Gasteiger partial charge in [-0.1, -0.05) is 0 Å². The van der Waals surface area contributed by atoms with Crippen LogP contribution in [0, 0.1) is 0 Å². The summed E-state index contributed by atoms with van der Waals surface area (Å²) < 4.78 is 11.6. The van der Waals surface area contributed by atoms with Gasteiger partial charge in [-0.25, -0.2) is 0 Å². The molecular formula is C10H18O3. The highest BCUT2D eigenvalue weighted by atomic mass is 16.7. The van der Waals surface area contributed by atoms with E-state index in [1.165, 1.54) is 0 Å². The number of hydrogen-bond donors (Lipinski definition) is 1. The molecule has 2 heterocycles. The van der Waals surface area contributed by atoms with Crippen LogP contribution < -0.4 is 0 Å². The Balaban J connectivity index is 1.89. The Morgan fingerprint density at radius 2 is 2.08 bits per heavy atom. The Hall–Kier alpha value is -0.120. The zero-order valence-corrected chi connectivity index (χ0v) is 8.16. The summed E-state index contributed by atoms with van der Waals surface area (Å²) in [6.45, 7) is 2.31. The number of aliphatic hydroxyl groups is 1. The highest BCUT2D eigenvalue weighted by Gasteiger charge is 2.45. The molecule has 2 aliphatic rings. The third kappa shape index (κ3) is 1.87. The zero-order chi connectivity index (χ0) is 9.31. The Morgan fingerprint density at radius 3 is 2.69 bits per heavy atom. The van der Waals surface area contributed by atoms with Gasteiger partial charge >= 0.3 is 0 Å². The molecule has 0 aromatic heterocycles. The fourth-order valence-electron chi connectivity index (χ4n) is 2.33. The normalized spacial score (nSPS) is 44.8. The highest BCUT2D eigenvalue weighted by molar-refractivity contribution is 4.86. The van der Waals surface area contributed by atoms with Crippen molar-refractivity contribution in [2.45, 2.75) is 57.0 Å². The summed E-state index contributed by atoms with van der Waals surface area (Å²) >= 11 is 0. The second kappa shape index (κ2) is 3.56. The first kappa shape index (κ1) is 9.44. The summed E-state index contributed by atoms with van der Waals surface area (Å²) in [6.07, 6.45) is 5.47. The Labute approximate surface area is 79.0 Å². The third-order valence-electron chi connectivity index (χ3n) is 3.03. The van der Waals surface area contributed by atoms with Gasteiger partial charge in [0.15, 0.2) is 5.79 Å². The summed E-state index contributed by atoms with van der Waals surface area (Å²) in [4.78, 5) is 0. The van der Waals surface area contributed by atoms with Crippen LogP contribution in [0.3, 0.4) is 0 Å². The molecule has 0 aliphatic carbocycles. The van der Waals surface area contributed by atoms with Gasteiger partial charge in [0.25, 0.3) is 0 Å². The van der Waals surface area contributed by atoms with Crippen LogP contribution in [0.4, 0.5) is 0 Å². The number of rotatable bonds is 2. The first-order valence-corrected chi connectivity index (χ1v) is 5.21. The molecule has 1 spiro atoms. The van der Waals surface area contributed by atoms with Gasteiger partial charge in [-0.2, -0.15) is 0 Å². The first-order chi connectivity index (χ1) is 6.24. The molecular weight excluding hydrogens is 168 g/mol. The van der Waals surface area contributed by atoms with Gasteiger partial charge in [0.1, 0.15) is 0 Å². The van der Waals surface area contributed by atoms with Gasteiger partial charge in [-0.15, -0.1) is 0 Å². The molecule has 0 bridgehead atoms. The molecule has 0 saturated carbocycles. The predicted molar refractivity (Wildman–Crippen MR) is 48.3 cm³/mol. The van der Waals surface area contributed by atoms with Crippen LogP contribution in [-0.4, -0.2) is 29.7 Å². The monoisotopic (exact) mass is 186 g/mol. The molecule has 1 N–H and O–H groups in total. The van der Waals surface area contributed by atoms with E-state index in [0.29, 0.717) is 6.10 Å². The van der Waals surface area contributed by atoms with E-state index in [1.54, 1.807) is 0 Å². The number of hydrogen-bond acceptors (Lipinski definition) is 3. The van der Waals surface area contributed by atoms with Gasteiger partial charge in [-0.3, -0.25) is 0 Å². The molecule has 2 rings (SSSR count). The molecule has 0 amide bonds. The van der Waals surface area contributed by atoms with Crippen LogP contribution in [0.25, 0.3) is 0 Å². The average molecular weight is 186 g/mol. The number of ether oxygens (including phenoxy) is 2. The van der Waals surface area contributed by atoms with Crippen molar-refractivity contribution in [2.75, 3.05) is 6.61 Å². The third-order valence-corrected chi connectivity index (χ3v) is 3.03. The van der Waals surface area contributed by atoms with E-state index in [2.05, 4.69) is 6.92 Å².